The Morgan fingerprint density at radius 2 is 2.06 bits per heavy atom. The summed E-state index contributed by atoms with van der Waals surface area (Å²) in [5.74, 6) is 0. The van der Waals surface area contributed by atoms with Gasteiger partial charge in [0, 0.05) is 4.88 Å². The second kappa shape index (κ2) is 6.58. The van der Waals surface area contributed by atoms with Crippen molar-refractivity contribution in [2.45, 2.75) is 19.4 Å². The first kappa shape index (κ1) is 13.9. The fraction of sp³-hybridized carbons (Fsp3) is 0.286. The number of nitrogens with one attached hydrogen (secondary N) is 1. The van der Waals surface area contributed by atoms with Crippen molar-refractivity contribution in [3.8, 4) is 0 Å². The molecule has 0 saturated carbocycles. The van der Waals surface area contributed by atoms with Crippen LogP contribution < -0.4 is 5.32 Å². The van der Waals surface area contributed by atoms with Crippen LogP contribution in [-0.4, -0.2) is 6.54 Å². The van der Waals surface area contributed by atoms with E-state index in [9.17, 15) is 0 Å². The highest BCUT2D eigenvalue weighted by molar-refractivity contribution is 7.10. The smallest absolute Gasteiger partial charge is 0.0671 e. The Morgan fingerprint density at radius 1 is 1.22 bits per heavy atom. The van der Waals surface area contributed by atoms with E-state index in [0.29, 0.717) is 10.0 Å². The molecule has 1 heterocycles. The van der Waals surface area contributed by atoms with Crippen LogP contribution in [0.3, 0.4) is 0 Å². The lowest BCUT2D eigenvalue weighted by molar-refractivity contribution is 0.606. The van der Waals surface area contributed by atoms with Gasteiger partial charge in [-0.2, -0.15) is 0 Å². The summed E-state index contributed by atoms with van der Waals surface area (Å²) in [7, 11) is 0. The lowest BCUT2D eigenvalue weighted by Crippen LogP contribution is -2.22. The second-order valence-electron chi connectivity index (χ2n) is 4.08. The molecule has 0 fully saturated rings. The van der Waals surface area contributed by atoms with Crippen molar-refractivity contribution in [2.24, 2.45) is 0 Å². The molecule has 0 radical (unpaired) electrons. The number of hydrogen-bond donors (Lipinski definition) is 1. The minimum Gasteiger partial charge on any atom is -0.306 e. The third kappa shape index (κ3) is 3.27. The van der Waals surface area contributed by atoms with Gasteiger partial charge < -0.3 is 5.32 Å². The van der Waals surface area contributed by atoms with E-state index >= 15 is 0 Å². The van der Waals surface area contributed by atoms with Crippen molar-refractivity contribution in [2.75, 3.05) is 6.54 Å². The Hall–Kier alpha value is -0.540. The second-order valence-corrected chi connectivity index (χ2v) is 5.87. The van der Waals surface area contributed by atoms with Crippen LogP contribution in [-0.2, 0) is 0 Å². The average Bonchev–Trinajstić information content (AvgIpc) is 2.88. The minimum atomic E-state index is 0.194. The fourth-order valence-corrected chi connectivity index (χ4v) is 2.95. The summed E-state index contributed by atoms with van der Waals surface area (Å²) in [5.41, 5.74) is 1.15. The fourth-order valence-electron chi connectivity index (χ4n) is 1.82. The number of thiophene rings is 1. The Morgan fingerprint density at radius 3 is 2.67 bits per heavy atom. The minimum absolute atomic E-state index is 0.194. The van der Waals surface area contributed by atoms with E-state index in [1.54, 1.807) is 11.3 Å². The topological polar surface area (TPSA) is 12.0 Å². The molecular formula is C14H15Cl2NS. The van der Waals surface area contributed by atoms with E-state index in [1.165, 1.54) is 4.88 Å². The zero-order valence-corrected chi connectivity index (χ0v) is 12.4. The van der Waals surface area contributed by atoms with Crippen LogP contribution in [0.2, 0.25) is 10.0 Å². The van der Waals surface area contributed by atoms with Crippen LogP contribution >= 0.6 is 34.5 Å². The highest BCUT2D eigenvalue weighted by Crippen LogP contribution is 2.30. The summed E-state index contributed by atoms with van der Waals surface area (Å²) >= 11 is 13.8. The lowest BCUT2D eigenvalue weighted by atomic mass is 10.1. The molecule has 1 atom stereocenters. The van der Waals surface area contributed by atoms with Gasteiger partial charge in [0.05, 0.1) is 16.1 Å². The molecule has 0 amide bonds. The molecule has 1 unspecified atom stereocenters. The maximum atomic E-state index is 6.10. The van der Waals surface area contributed by atoms with E-state index in [1.807, 2.05) is 18.2 Å². The van der Waals surface area contributed by atoms with Crippen molar-refractivity contribution in [3.05, 3.63) is 56.2 Å². The first-order chi connectivity index (χ1) is 8.72. The van der Waals surface area contributed by atoms with E-state index in [0.717, 1.165) is 18.5 Å². The van der Waals surface area contributed by atoms with Crippen molar-refractivity contribution in [1.29, 1.82) is 0 Å². The number of halogens is 2. The Bertz CT molecular complexity index is 497. The SMILES string of the molecule is CCCNC(c1ccc(Cl)c(Cl)c1)c1cccs1. The highest BCUT2D eigenvalue weighted by atomic mass is 35.5. The molecule has 4 heteroatoms. The van der Waals surface area contributed by atoms with E-state index < -0.39 is 0 Å². The number of hydrogen-bond acceptors (Lipinski definition) is 2. The van der Waals surface area contributed by atoms with Gasteiger partial charge in [-0.15, -0.1) is 11.3 Å². The monoisotopic (exact) mass is 299 g/mol. The predicted molar refractivity (Wildman–Crippen MR) is 80.9 cm³/mol. The van der Waals surface area contributed by atoms with E-state index in [4.69, 9.17) is 23.2 Å². The largest absolute Gasteiger partial charge is 0.306 e. The van der Waals surface area contributed by atoms with Gasteiger partial charge in [0.25, 0.3) is 0 Å². The van der Waals surface area contributed by atoms with Gasteiger partial charge in [-0.25, -0.2) is 0 Å². The molecule has 18 heavy (non-hydrogen) atoms. The Kier molecular flexibility index (Phi) is 5.07. The summed E-state index contributed by atoms with van der Waals surface area (Å²) < 4.78 is 0. The van der Waals surface area contributed by atoms with Gasteiger partial charge in [-0.3, -0.25) is 0 Å². The first-order valence-corrected chi connectivity index (χ1v) is 7.57. The molecule has 0 saturated heterocycles. The molecule has 0 bridgehead atoms. The molecule has 0 aliphatic heterocycles. The molecule has 0 spiro atoms. The van der Waals surface area contributed by atoms with E-state index in [2.05, 4.69) is 29.8 Å². The lowest BCUT2D eigenvalue weighted by Gasteiger charge is -2.18. The van der Waals surface area contributed by atoms with E-state index in [-0.39, 0.29) is 6.04 Å². The molecule has 1 aromatic carbocycles. The quantitative estimate of drug-likeness (QED) is 0.805. The maximum Gasteiger partial charge on any atom is 0.0671 e. The van der Waals surface area contributed by atoms with Crippen LogP contribution in [0.1, 0.15) is 29.8 Å². The van der Waals surface area contributed by atoms with Crippen molar-refractivity contribution in [1.82, 2.24) is 5.32 Å². The Labute approximate surface area is 122 Å². The van der Waals surface area contributed by atoms with Crippen molar-refractivity contribution in [3.63, 3.8) is 0 Å². The van der Waals surface area contributed by atoms with Crippen molar-refractivity contribution < 1.29 is 0 Å². The van der Waals surface area contributed by atoms with Gasteiger partial charge in [0.1, 0.15) is 0 Å². The molecular weight excluding hydrogens is 285 g/mol. The van der Waals surface area contributed by atoms with Gasteiger partial charge in [-0.1, -0.05) is 42.3 Å². The summed E-state index contributed by atoms with van der Waals surface area (Å²) in [5, 5.41) is 6.84. The molecule has 0 aliphatic carbocycles. The molecule has 2 rings (SSSR count). The van der Waals surface area contributed by atoms with Gasteiger partial charge in [0.2, 0.25) is 0 Å². The van der Waals surface area contributed by atoms with Crippen LogP contribution in [0.5, 0.6) is 0 Å². The standard InChI is InChI=1S/C14H15Cl2NS/c1-2-7-17-14(13-4-3-8-18-13)10-5-6-11(15)12(16)9-10/h3-6,8-9,14,17H,2,7H2,1H3. The zero-order chi connectivity index (χ0) is 13.0. The summed E-state index contributed by atoms with van der Waals surface area (Å²) in [6.45, 7) is 3.14. The highest BCUT2D eigenvalue weighted by Gasteiger charge is 2.15. The number of rotatable bonds is 5. The molecule has 1 aromatic heterocycles. The molecule has 1 nitrogen and oxygen atoms in total. The number of benzene rings is 1. The normalized spacial score (nSPS) is 12.6. The van der Waals surface area contributed by atoms with Crippen LogP contribution in [0, 0.1) is 0 Å². The third-order valence-corrected chi connectivity index (χ3v) is 4.38. The zero-order valence-electron chi connectivity index (χ0n) is 10.1. The Balaban J connectivity index is 2.30. The van der Waals surface area contributed by atoms with Crippen LogP contribution in [0.25, 0.3) is 0 Å². The first-order valence-electron chi connectivity index (χ1n) is 5.94. The van der Waals surface area contributed by atoms with Gasteiger partial charge in [0.15, 0.2) is 0 Å². The predicted octanol–water partition coefficient (Wildman–Crippen LogP) is 5.14. The van der Waals surface area contributed by atoms with Gasteiger partial charge in [-0.05, 0) is 42.1 Å². The molecule has 2 aromatic rings. The van der Waals surface area contributed by atoms with Crippen LogP contribution in [0.15, 0.2) is 35.7 Å². The van der Waals surface area contributed by atoms with Crippen LogP contribution in [0.4, 0.5) is 0 Å². The third-order valence-electron chi connectivity index (χ3n) is 2.70. The average molecular weight is 300 g/mol. The molecule has 96 valence electrons. The van der Waals surface area contributed by atoms with Gasteiger partial charge >= 0.3 is 0 Å². The summed E-state index contributed by atoms with van der Waals surface area (Å²) in [4.78, 5) is 1.29. The molecule has 1 N–H and O–H groups in total. The maximum absolute atomic E-state index is 6.10. The summed E-state index contributed by atoms with van der Waals surface area (Å²) in [6.07, 6.45) is 1.10. The van der Waals surface area contributed by atoms with Crippen molar-refractivity contribution >= 4 is 34.5 Å². The summed E-state index contributed by atoms with van der Waals surface area (Å²) in [6, 6.07) is 10.2. The molecule has 0 aliphatic rings.